The average molecular weight is 411 g/mol. The number of pyridine rings is 1. The number of sulfonamides is 1. The van der Waals surface area contributed by atoms with Gasteiger partial charge >= 0.3 is 0 Å². The van der Waals surface area contributed by atoms with Crippen LogP contribution in [-0.4, -0.2) is 35.5 Å². The zero-order chi connectivity index (χ0) is 20.1. The van der Waals surface area contributed by atoms with Crippen LogP contribution in [0.15, 0.2) is 54.7 Å². The van der Waals surface area contributed by atoms with Gasteiger partial charge in [-0.15, -0.1) is 0 Å². The van der Waals surface area contributed by atoms with E-state index in [1.807, 2.05) is 53.2 Å². The molecule has 0 bridgehead atoms. The van der Waals surface area contributed by atoms with Gasteiger partial charge in [0.2, 0.25) is 10.0 Å². The van der Waals surface area contributed by atoms with Gasteiger partial charge in [0, 0.05) is 24.0 Å². The molecule has 0 amide bonds. The molecule has 0 saturated carbocycles. The lowest BCUT2D eigenvalue weighted by Crippen LogP contribution is -2.31. The number of hydrogen-bond donors (Lipinski definition) is 1. The van der Waals surface area contributed by atoms with E-state index >= 15 is 0 Å². The van der Waals surface area contributed by atoms with Crippen LogP contribution in [0.2, 0.25) is 0 Å². The Kier molecular flexibility index (Phi) is 6.06. The lowest BCUT2D eigenvalue weighted by Gasteiger charge is -2.14. The fourth-order valence-electron chi connectivity index (χ4n) is 3.84. The number of nitrogens with zero attached hydrogens (tertiary/aromatic N) is 3. The van der Waals surface area contributed by atoms with Crippen LogP contribution in [-0.2, 0) is 35.8 Å². The van der Waals surface area contributed by atoms with E-state index in [4.69, 9.17) is 5.10 Å². The zero-order valence-corrected chi connectivity index (χ0v) is 17.2. The lowest BCUT2D eigenvalue weighted by atomic mass is 9.95. The molecule has 2 heterocycles. The molecule has 0 saturated heterocycles. The number of fused-ring (bicyclic) bond motifs is 1. The van der Waals surface area contributed by atoms with Gasteiger partial charge in [-0.25, -0.2) is 13.1 Å². The summed E-state index contributed by atoms with van der Waals surface area (Å²) in [6, 6.07) is 15.5. The Balaban J connectivity index is 1.41. The zero-order valence-electron chi connectivity index (χ0n) is 16.4. The van der Waals surface area contributed by atoms with Gasteiger partial charge in [-0.3, -0.25) is 9.67 Å². The first-order valence-corrected chi connectivity index (χ1v) is 11.8. The van der Waals surface area contributed by atoms with Gasteiger partial charge in [-0.2, -0.15) is 5.10 Å². The molecule has 2 aromatic heterocycles. The van der Waals surface area contributed by atoms with Crippen LogP contribution in [0.3, 0.4) is 0 Å². The Morgan fingerprint density at radius 3 is 2.59 bits per heavy atom. The maximum atomic E-state index is 12.4. The summed E-state index contributed by atoms with van der Waals surface area (Å²) in [4.78, 5) is 4.46. The van der Waals surface area contributed by atoms with Crippen molar-refractivity contribution >= 4 is 10.0 Å². The van der Waals surface area contributed by atoms with E-state index in [0.29, 0.717) is 19.5 Å². The predicted molar refractivity (Wildman–Crippen MR) is 114 cm³/mol. The molecule has 0 radical (unpaired) electrons. The van der Waals surface area contributed by atoms with Crippen LogP contribution in [0.4, 0.5) is 0 Å². The summed E-state index contributed by atoms with van der Waals surface area (Å²) < 4.78 is 29.4. The van der Waals surface area contributed by atoms with Crippen molar-refractivity contribution in [3.05, 3.63) is 71.5 Å². The Morgan fingerprint density at radius 2 is 1.79 bits per heavy atom. The topological polar surface area (TPSA) is 76.9 Å². The average Bonchev–Trinajstić information content (AvgIpc) is 3.13. The van der Waals surface area contributed by atoms with E-state index in [1.165, 1.54) is 11.3 Å². The van der Waals surface area contributed by atoms with Crippen LogP contribution >= 0.6 is 0 Å². The molecule has 6 nitrogen and oxygen atoms in total. The van der Waals surface area contributed by atoms with Crippen molar-refractivity contribution in [2.24, 2.45) is 0 Å². The van der Waals surface area contributed by atoms with Crippen molar-refractivity contribution in [1.29, 1.82) is 0 Å². The minimum Gasteiger partial charge on any atom is -0.267 e. The molecule has 1 aliphatic carbocycles. The van der Waals surface area contributed by atoms with Gasteiger partial charge in [-0.05, 0) is 49.8 Å². The van der Waals surface area contributed by atoms with Crippen molar-refractivity contribution in [1.82, 2.24) is 19.5 Å². The second-order valence-corrected chi connectivity index (χ2v) is 9.29. The first-order chi connectivity index (χ1) is 14.1. The Labute approximate surface area is 172 Å². The minimum absolute atomic E-state index is 0.0907. The Morgan fingerprint density at radius 1 is 1.00 bits per heavy atom. The Hall–Kier alpha value is -2.51. The molecule has 0 fully saturated rings. The predicted octanol–water partition coefficient (Wildman–Crippen LogP) is 2.99. The highest BCUT2D eigenvalue weighted by Gasteiger charge is 2.22. The monoisotopic (exact) mass is 410 g/mol. The molecule has 152 valence electrons. The molecule has 7 heteroatoms. The molecule has 0 spiro atoms. The van der Waals surface area contributed by atoms with Crippen molar-refractivity contribution < 1.29 is 8.42 Å². The van der Waals surface area contributed by atoms with Crippen LogP contribution in [0, 0.1) is 0 Å². The standard InChI is InChI=1S/C22H26N4O2S/c27-29(28,17-13-18-8-2-1-3-9-18)24-15-16-26-21-12-5-4-10-19(21)22(25-26)20-11-6-7-14-23-20/h1-3,6-9,11,14,24H,4-5,10,12-13,15-17H2. The maximum Gasteiger partial charge on any atom is 0.211 e. The van der Waals surface area contributed by atoms with Gasteiger partial charge < -0.3 is 0 Å². The molecule has 0 aliphatic heterocycles. The van der Waals surface area contributed by atoms with E-state index in [9.17, 15) is 8.42 Å². The molecule has 3 aromatic rings. The van der Waals surface area contributed by atoms with Gasteiger partial charge in [0.05, 0.1) is 18.0 Å². The van der Waals surface area contributed by atoms with Gasteiger partial charge in [0.25, 0.3) is 0 Å². The lowest BCUT2D eigenvalue weighted by molar-refractivity contribution is 0.538. The van der Waals surface area contributed by atoms with Crippen molar-refractivity contribution in [3.63, 3.8) is 0 Å². The summed E-state index contributed by atoms with van der Waals surface area (Å²) >= 11 is 0. The number of nitrogens with one attached hydrogen (secondary N) is 1. The van der Waals surface area contributed by atoms with E-state index in [0.717, 1.165) is 42.6 Å². The summed E-state index contributed by atoms with van der Waals surface area (Å²) in [6.07, 6.45) is 6.58. The van der Waals surface area contributed by atoms with Gasteiger partial charge in [-0.1, -0.05) is 36.4 Å². The minimum atomic E-state index is -3.32. The number of hydrogen-bond acceptors (Lipinski definition) is 4. The summed E-state index contributed by atoms with van der Waals surface area (Å²) in [5.74, 6) is 0.0907. The Bertz CT molecular complexity index is 1050. The normalized spacial score (nSPS) is 13.9. The second kappa shape index (κ2) is 8.88. The molecule has 0 atom stereocenters. The summed E-state index contributed by atoms with van der Waals surface area (Å²) in [6.45, 7) is 0.868. The van der Waals surface area contributed by atoms with Crippen molar-refractivity contribution in [2.75, 3.05) is 12.3 Å². The SMILES string of the molecule is O=S(=O)(CCc1ccccc1)NCCn1nc(-c2ccccn2)c2c1CCCC2. The highest BCUT2D eigenvalue weighted by molar-refractivity contribution is 7.89. The van der Waals surface area contributed by atoms with Gasteiger partial charge in [0.15, 0.2) is 0 Å². The van der Waals surface area contributed by atoms with E-state index < -0.39 is 10.0 Å². The highest BCUT2D eigenvalue weighted by Crippen LogP contribution is 2.30. The fourth-order valence-corrected chi connectivity index (χ4v) is 4.89. The maximum absolute atomic E-state index is 12.4. The van der Waals surface area contributed by atoms with E-state index in [1.54, 1.807) is 6.20 Å². The van der Waals surface area contributed by atoms with Gasteiger partial charge in [0.1, 0.15) is 5.69 Å². The third kappa shape index (κ3) is 4.92. The highest BCUT2D eigenvalue weighted by atomic mass is 32.2. The first-order valence-electron chi connectivity index (χ1n) is 10.1. The smallest absolute Gasteiger partial charge is 0.211 e. The molecule has 0 unspecified atom stereocenters. The summed E-state index contributed by atoms with van der Waals surface area (Å²) in [5, 5.41) is 4.79. The van der Waals surface area contributed by atoms with Crippen LogP contribution < -0.4 is 4.72 Å². The molecule has 1 aromatic carbocycles. The second-order valence-electron chi connectivity index (χ2n) is 7.37. The molecule has 1 N–H and O–H groups in total. The molecular weight excluding hydrogens is 384 g/mol. The number of rotatable bonds is 8. The van der Waals surface area contributed by atoms with Crippen molar-refractivity contribution in [2.45, 2.75) is 38.6 Å². The number of aromatic nitrogens is 3. The fraction of sp³-hybridized carbons (Fsp3) is 0.364. The quantitative estimate of drug-likeness (QED) is 0.619. The number of aryl methyl sites for hydroxylation is 1. The molecule has 29 heavy (non-hydrogen) atoms. The molecule has 1 aliphatic rings. The largest absolute Gasteiger partial charge is 0.267 e. The van der Waals surface area contributed by atoms with E-state index in [-0.39, 0.29) is 5.75 Å². The van der Waals surface area contributed by atoms with Crippen LogP contribution in [0.25, 0.3) is 11.4 Å². The summed E-state index contributed by atoms with van der Waals surface area (Å²) in [5.41, 5.74) is 5.33. The third-order valence-corrected chi connectivity index (χ3v) is 6.70. The van der Waals surface area contributed by atoms with Crippen LogP contribution in [0.1, 0.15) is 29.7 Å². The van der Waals surface area contributed by atoms with Crippen LogP contribution in [0.5, 0.6) is 0 Å². The van der Waals surface area contributed by atoms with E-state index in [2.05, 4.69) is 9.71 Å². The molecular formula is C22H26N4O2S. The number of benzene rings is 1. The molecule has 4 rings (SSSR count). The van der Waals surface area contributed by atoms with Crippen molar-refractivity contribution in [3.8, 4) is 11.4 Å². The summed E-state index contributed by atoms with van der Waals surface area (Å²) in [7, 11) is -3.32. The first kappa shape index (κ1) is 19.8. The third-order valence-electron chi connectivity index (χ3n) is 5.31.